The molecule has 0 spiro atoms. The maximum Gasteiger partial charge on any atom is 0.308 e. The van der Waals surface area contributed by atoms with Crippen molar-refractivity contribution in [3.8, 4) is 17.2 Å². The first-order chi connectivity index (χ1) is 14.9. The van der Waals surface area contributed by atoms with Crippen LogP contribution in [0.4, 0.5) is 0 Å². The van der Waals surface area contributed by atoms with Gasteiger partial charge in [-0.05, 0) is 37.1 Å². The van der Waals surface area contributed by atoms with Crippen molar-refractivity contribution in [2.75, 3.05) is 40.4 Å². The molecule has 1 aliphatic heterocycles. The van der Waals surface area contributed by atoms with Crippen molar-refractivity contribution in [1.82, 2.24) is 9.91 Å². The van der Waals surface area contributed by atoms with Gasteiger partial charge in [0.2, 0.25) is 5.75 Å². The van der Waals surface area contributed by atoms with Crippen LogP contribution in [0.5, 0.6) is 17.2 Å². The number of rotatable bonds is 7. The summed E-state index contributed by atoms with van der Waals surface area (Å²) in [5.74, 6) is 0.690. The maximum atomic E-state index is 11.4. The number of nitrogens with zero attached hydrogens (tertiary/aromatic N) is 3. The second kappa shape index (κ2) is 10.3. The highest BCUT2D eigenvalue weighted by Crippen LogP contribution is 2.38. The first-order valence-corrected chi connectivity index (χ1v) is 10.4. The molecule has 166 valence electrons. The molecule has 7 heteroatoms. The van der Waals surface area contributed by atoms with Crippen LogP contribution in [0.1, 0.15) is 29.2 Å². The zero-order valence-electron chi connectivity index (χ0n) is 19.0. The minimum absolute atomic E-state index is 0.273. The van der Waals surface area contributed by atoms with Crippen molar-refractivity contribution in [3.05, 3.63) is 52.6 Å². The number of methoxy groups -OCH3 is 2. The van der Waals surface area contributed by atoms with E-state index in [1.165, 1.54) is 37.8 Å². The van der Waals surface area contributed by atoms with E-state index in [1.54, 1.807) is 18.3 Å². The van der Waals surface area contributed by atoms with Gasteiger partial charge in [-0.15, -0.1) is 0 Å². The Kier molecular flexibility index (Phi) is 7.52. The van der Waals surface area contributed by atoms with E-state index in [-0.39, 0.29) is 5.75 Å². The maximum absolute atomic E-state index is 11.4. The fourth-order valence-electron chi connectivity index (χ4n) is 3.64. The van der Waals surface area contributed by atoms with Crippen LogP contribution in [0.25, 0.3) is 0 Å². The van der Waals surface area contributed by atoms with Crippen molar-refractivity contribution in [2.24, 2.45) is 5.10 Å². The van der Waals surface area contributed by atoms with Crippen LogP contribution < -0.4 is 14.2 Å². The topological polar surface area (TPSA) is 63.6 Å². The van der Waals surface area contributed by atoms with Gasteiger partial charge in [0, 0.05) is 45.2 Å². The van der Waals surface area contributed by atoms with Crippen molar-refractivity contribution in [3.63, 3.8) is 0 Å². The second-order valence-corrected chi connectivity index (χ2v) is 7.75. The third-order valence-corrected chi connectivity index (χ3v) is 5.34. The molecule has 1 fully saturated rings. The number of ether oxygens (including phenoxy) is 3. The standard InChI is InChI=1S/C24H31N3O4/c1-17-6-7-21(18(2)12-17)16-26-8-10-27(11-9-26)25-15-20-13-22(29-4)24(31-19(3)28)23(14-20)30-5/h6-7,12-15H,8-11,16H2,1-5H3. The van der Waals surface area contributed by atoms with Crippen molar-refractivity contribution in [2.45, 2.75) is 27.3 Å². The van der Waals surface area contributed by atoms with E-state index >= 15 is 0 Å². The first kappa shape index (κ1) is 22.6. The molecule has 1 aliphatic rings. The molecule has 0 saturated carbocycles. The van der Waals surface area contributed by atoms with E-state index in [4.69, 9.17) is 14.2 Å². The fourth-order valence-corrected chi connectivity index (χ4v) is 3.64. The minimum atomic E-state index is -0.434. The number of hydrazone groups is 1. The number of hydrogen-bond donors (Lipinski definition) is 0. The predicted molar refractivity (Wildman–Crippen MR) is 121 cm³/mol. The molecule has 2 aromatic carbocycles. The number of esters is 1. The van der Waals surface area contributed by atoms with Crippen LogP contribution in [0.15, 0.2) is 35.4 Å². The Morgan fingerprint density at radius 1 is 1.03 bits per heavy atom. The zero-order valence-corrected chi connectivity index (χ0v) is 19.0. The van der Waals surface area contributed by atoms with Gasteiger partial charge in [-0.1, -0.05) is 23.8 Å². The van der Waals surface area contributed by atoms with Crippen LogP contribution in [0.3, 0.4) is 0 Å². The van der Waals surface area contributed by atoms with E-state index in [0.29, 0.717) is 11.5 Å². The molecule has 0 radical (unpaired) electrons. The van der Waals surface area contributed by atoms with E-state index in [0.717, 1.165) is 38.3 Å². The summed E-state index contributed by atoms with van der Waals surface area (Å²) < 4.78 is 16.0. The minimum Gasteiger partial charge on any atom is -0.493 e. The highest BCUT2D eigenvalue weighted by molar-refractivity contribution is 5.83. The molecule has 0 aromatic heterocycles. The van der Waals surface area contributed by atoms with E-state index in [9.17, 15) is 4.79 Å². The molecule has 0 N–H and O–H groups in total. The van der Waals surface area contributed by atoms with Crippen LogP contribution in [0, 0.1) is 13.8 Å². The number of carbonyl (C=O) groups excluding carboxylic acids is 1. The molecule has 31 heavy (non-hydrogen) atoms. The van der Waals surface area contributed by atoms with E-state index in [2.05, 4.69) is 47.1 Å². The molecule has 0 unspecified atom stereocenters. The van der Waals surface area contributed by atoms with Crippen molar-refractivity contribution < 1.29 is 19.0 Å². The predicted octanol–water partition coefficient (Wildman–Crippen LogP) is 3.40. The molecule has 0 amide bonds. The lowest BCUT2D eigenvalue weighted by Gasteiger charge is -2.33. The summed E-state index contributed by atoms with van der Waals surface area (Å²) in [6.07, 6.45) is 1.78. The molecular weight excluding hydrogens is 394 g/mol. The Bertz CT molecular complexity index is 925. The lowest BCUT2D eigenvalue weighted by Crippen LogP contribution is -2.43. The monoisotopic (exact) mass is 425 g/mol. The number of piperazine rings is 1. The van der Waals surface area contributed by atoms with E-state index in [1.807, 2.05) is 0 Å². The van der Waals surface area contributed by atoms with E-state index < -0.39 is 5.97 Å². The van der Waals surface area contributed by atoms with Gasteiger partial charge >= 0.3 is 5.97 Å². The van der Waals surface area contributed by atoms with Crippen molar-refractivity contribution in [1.29, 1.82) is 0 Å². The van der Waals surface area contributed by atoms with Gasteiger partial charge in [-0.25, -0.2) is 0 Å². The molecule has 7 nitrogen and oxygen atoms in total. The number of carbonyl (C=O) groups is 1. The third kappa shape index (κ3) is 5.98. The number of aryl methyl sites for hydroxylation is 2. The zero-order chi connectivity index (χ0) is 22.4. The Hall–Kier alpha value is -3.06. The SMILES string of the molecule is COc1cc(C=NN2CCN(Cc3ccc(C)cc3C)CC2)cc(OC)c1OC(C)=O. The molecule has 2 aromatic rings. The highest BCUT2D eigenvalue weighted by Gasteiger charge is 2.18. The molecule has 1 saturated heterocycles. The summed E-state index contributed by atoms with van der Waals surface area (Å²) in [6.45, 7) is 10.3. The lowest BCUT2D eigenvalue weighted by molar-refractivity contribution is -0.132. The van der Waals surface area contributed by atoms with Gasteiger partial charge in [0.05, 0.1) is 20.4 Å². The second-order valence-electron chi connectivity index (χ2n) is 7.75. The molecule has 0 atom stereocenters. The lowest BCUT2D eigenvalue weighted by atomic mass is 10.1. The average molecular weight is 426 g/mol. The molecule has 0 bridgehead atoms. The average Bonchev–Trinajstić information content (AvgIpc) is 2.75. The van der Waals surface area contributed by atoms with Crippen LogP contribution >= 0.6 is 0 Å². The summed E-state index contributed by atoms with van der Waals surface area (Å²) in [4.78, 5) is 13.8. The van der Waals surface area contributed by atoms with Crippen LogP contribution in [-0.2, 0) is 11.3 Å². The van der Waals surface area contributed by atoms with Gasteiger partial charge in [0.1, 0.15) is 0 Å². The van der Waals surface area contributed by atoms with Crippen LogP contribution in [0.2, 0.25) is 0 Å². The fraction of sp³-hybridized carbons (Fsp3) is 0.417. The van der Waals surface area contributed by atoms with Gasteiger partial charge in [-0.2, -0.15) is 5.10 Å². The Morgan fingerprint density at radius 2 is 1.68 bits per heavy atom. The molecule has 1 heterocycles. The van der Waals surface area contributed by atoms with Crippen LogP contribution in [-0.4, -0.2) is 62.5 Å². The summed E-state index contributed by atoms with van der Waals surface area (Å²) in [7, 11) is 3.05. The number of hydrogen-bond acceptors (Lipinski definition) is 7. The van der Waals surface area contributed by atoms with Gasteiger partial charge < -0.3 is 14.2 Å². The Labute approximate surface area is 184 Å². The van der Waals surface area contributed by atoms with Gasteiger partial charge in [-0.3, -0.25) is 14.7 Å². The largest absolute Gasteiger partial charge is 0.493 e. The quantitative estimate of drug-likeness (QED) is 0.385. The first-order valence-electron chi connectivity index (χ1n) is 10.4. The molecule has 3 rings (SSSR count). The van der Waals surface area contributed by atoms with Gasteiger partial charge in [0.25, 0.3) is 0 Å². The Balaban J connectivity index is 1.62. The summed E-state index contributed by atoms with van der Waals surface area (Å²) in [5, 5.41) is 6.70. The summed E-state index contributed by atoms with van der Waals surface area (Å²) in [5.41, 5.74) is 4.84. The molecule has 0 aliphatic carbocycles. The normalized spacial score (nSPS) is 14.7. The van der Waals surface area contributed by atoms with Crippen molar-refractivity contribution >= 4 is 12.2 Å². The number of benzene rings is 2. The smallest absolute Gasteiger partial charge is 0.308 e. The highest BCUT2D eigenvalue weighted by atomic mass is 16.6. The summed E-state index contributed by atoms with van der Waals surface area (Å²) in [6, 6.07) is 10.2. The summed E-state index contributed by atoms with van der Waals surface area (Å²) >= 11 is 0. The molecular formula is C24H31N3O4. The van der Waals surface area contributed by atoms with Gasteiger partial charge in [0.15, 0.2) is 11.5 Å². The third-order valence-electron chi connectivity index (χ3n) is 5.34. The Morgan fingerprint density at radius 3 is 2.23 bits per heavy atom.